The van der Waals surface area contributed by atoms with Crippen molar-refractivity contribution in [1.82, 2.24) is 4.90 Å². The molecular formula is C13H25NO. The third-order valence-corrected chi connectivity index (χ3v) is 3.68. The Balaban J connectivity index is 2.44. The predicted molar refractivity (Wildman–Crippen MR) is 63.9 cm³/mol. The Hall–Kier alpha value is -0.370. The van der Waals surface area contributed by atoms with E-state index in [1.165, 1.54) is 25.7 Å². The molecule has 1 aliphatic rings. The van der Waals surface area contributed by atoms with Crippen LogP contribution in [0.1, 0.15) is 46.5 Å². The van der Waals surface area contributed by atoms with Crippen LogP contribution in [0.5, 0.6) is 0 Å². The lowest BCUT2D eigenvalue weighted by atomic mass is 9.85. The molecular weight excluding hydrogens is 186 g/mol. The number of carbonyl (C=O) groups excluding carboxylic acids is 1. The first kappa shape index (κ1) is 12.7. The van der Waals surface area contributed by atoms with Crippen molar-refractivity contribution in [3.8, 4) is 0 Å². The fourth-order valence-corrected chi connectivity index (χ4v) is 2.50. The average Bonchev–Trinajstić information content (AvgIpc) is 2.18. The summed E-state index contributed by atoms with van der Waals surface area (Å²) in [4.78, 5) is 13.9. The zero-order valence-electron chi connectivity index (χ0n) is 10.6. The summed E-state index contributed by atoms with van der Waals surface area (Å²) >= 11 is 0. The minimum Gasteiger partial charge on any atom is -0.298 e. The van der Waals surface area contributed by atoms with E-state index in [1.807, 2.05) is 13.8 Å². The van der Waals surface area contributed by atoms with Gasteiger partial charge in [0.2, 0.25) is 0 Å². The van der Waals surface area contributed by atoms with E-state index in [4.69, 9.17) is 0 Å². The predicted octanol–water partition coefficient (Wildman–Crippen LogP) is 2.72. The highest BCUT2D eigenvalue weighted by atomic mass is 16.1. The van der Waals surface area contributed by atoms with Crippen molar-refractivity contribution in [1.29, 1.82) is 0 Å². The van der Waals surface area contributed by atoms with Gasteiger partial charge in [-0.05, 0) is 25.8 Å². The Morgan fingerprint density at radius 2 is 1.93 bits per heavy atom. The molecule has 1 saturated carbocycles. The minimum atomic E-state index is 0.173. The van der Waals surface area contributed by atoms with Gasteiger partial charge in [-0.3, -0.25) is 9.69 Å². The Labute approximate surface area is 94.0 Å². The van der Waals surface area contributed by atoms with E-state index < -0.39 is 0 Å². The third-order valence-electron chi connectivity index (χ3n) is 3.68. The van der Waals surface area contributed by atoms with Crippen molar-refractivity contribution < 1.29 is 4.79 Å². The molecule has 0 aromatic carbocycles. The smallest absolute Gasteiger partial charge is 0.149 e. The normalized spacial score (nSPS) is 27.3. The first-order chi connectivity index (χ1) is 7.02. The second-order valence-electron chi connectivity index (χ2n) is 5.37. The molecule has 0 aliphatic heterocycles. The quantitative estimate of drug-likeness (QED) is 0.712. The zero-order chi connectivity index (χ0) is 11.4. The standard InChI is InChI=1S/C13H25NO/c1-10(2)13(15)9-14(4)12-8-6-5-7-11(12)3/h10-12H,5-9H2,1-4H3. The summed E-state index contributed by atoms with van der Waals surface area (Å²) in [6, 6.07) is 0.626. The molecule has 1 fully saturated rings. The summed E-state index contributed by atoms with van der Waals surface area (Å²) in [5.41, 5.74) is 0. The number of nitrogens with zero attached hydrogens (tertiary/aromatic N) is 1. The number of Topliss-reactive ketones (excluding diaryl/α,β-unsaturated/α-hetero) is 1. The monoisotopic (exact) mass is 211 g/mol. The molecule has 1 aliphatic carbocycles. The van der Waals surface area contributed by atoms with Crippen LogP contribution >= 0.6 is 0 Å². The first-order valence-electron chi connectivity index (χ1n) is 6.25. The molecule has 0 N–H and O–H groups in total. The van der Waals surface area contributed by atoms with Crippen molar-refractivity contribution in [3.63, 3.8) is 0 Å². The van der Waals surface area contributed by atoms with Gasteiger partial charge in [0.15, 0.2) is 0 Å². The lowest BCUT2D eigenvalue weighted by molar-refractivity contribution is -0.123. The van der Waals surface area contributed by atoms with Crippen LogP contribution in [0.2, 0.25) is 0 Å². The summed E-state index contributed by atoms with van der Waals surface area (Å²) in [6.07, 6.45) is 5.28. The third kappa shape index (κ3) is 3.60. The highest BCUT2D eigenvalue weighted by Crippen LogP contribution is 2.27. The fourth-order valence-electron chi connectivity index (χ4n) is 2.50. The maximum Gasteiger partial charge on any atom is 0.149 e. The summed E-state index contributed by atoms with van der Waals surface area (Å²) in [5, 5.41) is 0. The number of rotatable bonds is 4. The van der Waals surface area contributed by atoms with Crippen LogP contribution in [0.3, 0.4) is 0 Å². The molecule has 2 unspecified atom stereocenters. The Morgan fingerprint density at radius 1 is 1.33 bits per heavy atom. The summed E-state index contributed by atoms with van der Waals surface area (Å²) < 4.78 is 0. The number of ketones is 1. The zero-order valence-corrected chi connectivity index (χ0v) is 10.6. The average molecular weight is 211 g/mol. The van der Waals surface area contributed by atoms with Gasteiger partial charge in [0.25, 0.3) is 0 Å². The highest BCUT2D eigenvalue weighted by Gasteiger charge is 2.26. The largest absolute Gasteiger partial charge is 0.298 e. The molecule has 0 radical (unpaired) electrons. The van der Waals surface area contributed by atoms with E-state index in [0.717, 1.165) is 5.92 Å². The van der Waals surface area contributed by atoms with Crippen LogP contribution < -0.4 is 0 Å². The van der Waals surface area contributed by atoms with E-state index >= 15 is 0 Å². The minimum absolute atomic E-state index is 0.173. The molecule has 0 amide bonds. The molecule has 88 valence electrons. The molecule has 1 rings (SSSR count). The van der Waals surface area contributed by atoms with Crippen molar-refractivity contribution in [2.75, 3.05) is 13.6 Å². The van der Waals surface area contributed by atoms with Gasteiger partial charge >= 0.3 is 0 Å². The molecule has 0 aromatic heterocycles. The topological polar surface area (TPSA) is 20.3 Å². The second kappa shape index (κ2) is 5.64. The van der Waals surface area contributed by atoms with Crippen molar-refractivity contribution in [2.24, 2.45) is 11.8 Å². The van der Waals surface area contributed by atoms with Crippen LogP contribution in [-0.2, 0) is 4.79 Å². The van der Waals surface area contributed by atoms with Crippen molar-refractivity contribution in [3.05, 3.63) is 0 Å². The van der Waals surface area contributed by atoms with Crippen LogP contribution in [0, 0.1) is 11.8 Å². The molecule has 0 aromatic rings. The van der Waals surface area contributed by atoms with E-state index in [-0.39, 0.29) is 5.92 Å². The first-order valence-corrected chi connectivity index (χ1v) is 6.25. The van der Waals surface area contributed by atoms with Gasteiger partial charge in [-0.25, -0.2) is 0 Å². The molecule has 2 atom stereocenters. The van der Waals surface area contributed by atoms with Crippen LogP contribution in [0.4, 0.5) is 0 Å². The second-order valence-corrected chi connectivity index (χ2v) is 5.37. The van der Waals surface area contributed by atoms with Gasteiger partial charge in [-0.1, -0.05) is 33.6 Å². The van der Waals surface area contributed by atoms with Gasteiger partial charge in [0.1, 0.15) is 5.78 Å². The van der Waals surface area contributed by atoms with Gasteiger partial charge in [0, 0.05) is 12.0 Å². The number of likely N-dealkylation sites (N-methyl/N-ethyl adjacent to an activating group) is 1. The molecule has 2 heteroatoms. The maximum atomic E-state index is 11.7. The Bertz CT molecular complexity index is 213. The lowest BCUT2D eigenvalue weighted by Gasteiger charge is -2.36. The summed E-state index contributed by atoms with van der Waals surface area (Å²) in [7, 11) is 2.10. The SMILES string of the molecule is CC(C)C(=O)CN(C)C1CCCCC1C. The molecule has 2 nitrogen and oxygen atoms in total. The summed E-state index contributed by atoms with van der Waals surface area (Å²) in [5.74, 6) is 1.30. The van der Waals surface area contributed by atoms with Crippen molar-refractivity contribution >= 4 is 5.78 Å². The molecule has 0 heterocycles. The number of hydrogen-bond donors (Lipinski definition) is 0. The summed E-state index contributed by atoms with van der Waals surface area (Å²) in [6.45, 7) is 6.92. The van der Waals surface area contributed by atoms with Crippen molar-refractivity contribution in [2.45, 2.75) is 52.5 Å². The number of carbonyl (C=O) groups is 1. The molecule has 0 spiro atoms. The van der Waals surface area contributed by atoms with E-state index in [2.05, 4.69) is 18.9 Å². The van der Waals surface area contributed by atoms with Gasteiger partial charge < -0.3 is 0 Å². The van der Waals surface area contributed by atoms with Gasteiger partial charge in [-0.2, -0.15) is 0 Å². The van der Waals surface area contributed by atoms with E-state index in [0.29, 0.717) is 18.4 Å². The van der Waals surface area contributed by atoms with Gasteiger partial charge in [-0.15, -0.1) is 0 Å². The van der Waals surface area contributed by atoms with E-state index in [9.17, 15) is 4.79 Å². The highest BCUT2D eigenvalue weighted by molar-refractivity contribution is 5.82. The van der Waals surface area contributed by atoms with Gasteiger partial charge in [0.05, 0.1) is 6.54 Å². The van der Waals surface area contributed by atoms with Crippen LogP contribution in [0.25, 0.3) is 0 Å². The van der Waals surface area contributed by atoms with Crippen LogP contribution in [-0.4, -0.2) is 30.3 Å². The molecule has 0 bridgehead atoms. The van der Waals surface area contributed by atoms with Crippen LogP contribution in [0.15, 0.2) is 0 Å². The molecule has 0 saturated heterocycles. The Morgan fingerprint density at radius 3 is 2.47 bits per heavy atom. The number of hydrogen-bond acceptors (Lipinski definition) is 2. The molecule has 15 heavy (non-hydrogen) atoms. The Kier molecular flexibility index (Phi) is 4.78. The van der Waals surface area contributed by atoms with E-state index in [1.54, 1.807) is 0 Å². The lowest BCUT2D eigenvalue weighted by Crippen LogP contribution is -2.42. The fraction of sp³-hybridized carbons (Fsp3) is 0.923. The maximum absolute atomic E-state index is 11.7.